The standard InChI is InChI=1S/C23H19N2O2P/c1-27-28(26,18-10-3-2-4-11-18)23(25-24)22-16-15-17-9-5-6-12-19(17)20-13-7-8-14-21(20)22/h2-16,22H,1H3. The Labute approximate surface area is 164 Å². The molecule has 0 spiro atoms. The fourth-order valence-electron chi connectivity index (χ4n) is 3.69. The van der Waals surface area contributed by atoms with Gasteiger partial charge in [-0.25, -0.2) is 0 Å². The summed E-state index contributed by atoms with van der Waals surface area (Å²) < 4.78 is 19.4. The fraction of sp³-hybridized carbons (Fsp3) is 0.0870. The van der Waals surface area contributed by atoms with Gasteiger partial charge >= 0.3 is 12.8 Å². The lowest BCUT2D eigenvalue weighted by Crippen LogP contribution is -2.21. The lowest BCUT2D eigenvalue weighted by atomic mass is 9.92. The van der Waals surface area contributed by atoms with Gasteiger partial charge in [0.05, 0.1) is 0 Å². The van der Waals surface area contributed by atoms with E-state index in [-0.39, 0.29) is 5.45 Å². The molecule has 3 aromatic carbocycles. The topological polar surface area (TPSA) is 62.7 Å². The molecule has 0 amide bonds. The molecular formula is C23H19N2O2P. The van der Waals surface area contributed by atoms with Crippen LogP contribution in [0.4, 0.5) is 0 Å². The summed E-state index contributed by atoms with van der Waals surface area (Å²) in [5.41, 5.74) is 14.1. The Bertz CT molecular complexity index is 1150. The molecule has 1 aliphatic carbocycles. The first-order valence-electron chi connectivity index (χ1n) is 8.99. The van der Waals surface area contributed by atoms with Gasteiger partial charge in [-0.05, 0) is 34.4 Å². The molecule has 0 radical (unpaired) electrons. The van der Waals surface area contributed by atoms with Gasteiger partial charge in [-0.15, -0.1) is 0 Å². The average Bonchev–Trinajstić information content (AvgIpc) is 2.92. The van der Waals surface area contributed by atoms with E-state index in [1.807, 2.05) is 60.7 Å². The van der Waals surface area contributed by atoms with Gasteiger partial charge in [0.1, 0.15) is 5.92 Å². The van der Waals surface area contributed by atoms with Crippen LogP contribution in [0, 0.1) is 0 Å². The number of nitrogens with zero attached hydrogens (tertiary/aromatic N) is 2. The Morgan fingerprint density at radius 3 is 2.29 bits per heavy atom. The highest BCUT2D eigenvalue weighted by Gasteiger charge is 2.45. The van der Waals surface area contributed by atoms with Gasteiger partial charge in [0, 0.05) is 12.4 Å². The monoisotopic (exact) mass is 386 g/mol. The third kappa shape index (κ3) is 2.98. The van der Waals surface area contributed by atoms with Crippen molar-refractivity contribution < 1.29 is 13.9 Å². The summed E-state index contributed by atoms with van der Waals surface area (Å²) >= 11 is 0. The summed E-state index contributed by atoms with van der Waals surface area (Å²) in [4.78, 5) is 3.51. The lowest BCUT2D eigenvalue weighted by Gasteiger charge is -2.18. The molecule has 28 heavy (non-hydrogen) atoms. The first-order valence-corrected chi connectivity index (χ1v) is 10.6. The number of hydrogen-bond acceptors (Lipinski definition) is 2. The number of benzene rings is 3. The molecule has 0 bridgehead atoms. The Kier molecular flexibility index (Phi) is 4.93. The van der Waals surface area contributed by atoms with Crippen molar-refractivity contribution in [2.75, 3.05) is 7.11 Å². The van der Waals surface area contributed by atoms with Crippen LogP contribution in [0.5, 0.6) is 0 Å². The number of rotatable bonds is 4. The summed E-state index contributed by atoms with van der Waals surface area (Å²) in [6, 6.07) is 24.9. The van der Waals surface area contributed by atoms with Gasteiger partial charge in [-0.1, -0.05) is 78.9 Å². The molecule has 0 saturated carbocycles. The average molecular weight is 386 g/mol. The molecule has 4 nitrogen and oxygen atoms in total. The maximum Gasteiger partial charge on any atom is 0.366 e. The molecule has 0 fully saturated rings. The minimum atomic E-state index is -3.55. The number of hydrogen-bond donors (Lipinski definition) is 0. The van der Waals surface area contributed by atoms with Crippen LogP contribution in [0.1, 0.15) is 17.0 Å². The lowest BCUT2D eigenvalue weighted by molar-refractivity contribution is -0.00482. The molecule has 0 saturated heterocycles. The third-order valence-electron chi connectivity index (χ3n) is 5.05. The number of fused-ring (bicyclic) bond motifs is 3. The van der Waals surface area contributed by atoms with E-state index in [2.05, 4.69) is 10.9 Å². The normalized spacial score (nSPS) is 16.8. The SMILES string of the molecule is COP(=O)(C(=[N+]=[N-])C1C=Cc2ccccc2-c2ccccc21)c1ccccc1. The molecule has 2 unspecified atom stereocenters. The zero-order valence-electron chi connectivity index (χ0n) is 15.4. The van der Waals surface area contributed by atoms with E-state index in [4.69, 9.17) is 4.52 Å². The molecule has 138 valence electrons. The largest absolute Gasteiger partial charge is 0.366 e. The Morgan fingerprint density at radius 1 is 0.929 bits per heavy atom. The van der Waals surface area contributed by atoms with Gasteiger partial charge < -0.3 is 10.1 Å². The maximum atomic E-state index is 13.9. The molecule has 1 aliphatic rings. The van der Waals surface area contributed by atoms with Gasteiger partial charge in [0.25, 0.3) is 0 Å². The molecule has 2 atom stereocenters. The number of allylic oxidation sites excluding steroid dienone is 1. The maximum absolute atomic E-state index is 13.9. The molecule has 5 heteroatoms. The van der Waals surface area contributed by atoms with Crippen molar-refractivity contribution in [3.05, 3.63) is 102 Å². The predicted octanol–water partition coefficient (Wildman–Crippen LogP) is 5.34. The second-order valence-corrected chi connectivity index (χ2v) is 8.98. The van der Waals surface area contributed by atoms with Crippen molar-refractivity contribution in [2.24, 2.45) is 0 Å². The molecule has 0 heterocycles. The van der Waals surface area contributed by atoms with E-state index in [0.29, 0.717) is 5.30 Å². The van der Waals surface area contributed by atoms with Gasteiger partial charge in [0.15, 0.2) is 0 Å². The minimum absolute atomic E-state index is 0.109. The molecule has 0 aromatic heterocycles. The zero-order valence-corrected chi connectivity index (χ0v) is 16.3. The highest BCUT2D eigenvalue weighted by atomic mass is 31.2. The van der Waals surface area contributed by atoms with E-state index >= 15 is 0 Å². The smallest absolute Gasteiger partial charge is 0.361 e. The first-order chi connectivity index (χ1) is 13.7. The van der Waals surface area contributed by atoms with E-state index in [1.54, 1.807) is 24.3 Å². The highest BCUT2D eigenvalue weighted by molar-refractivity contribution is 7.83. The van der Waals surface area contributed by atoms with Crippen LogP contribution in [0.3, 0.4) is 0 Å². The summed E-state index contributed by atoms with van der Waals surface area (Å²) in [5, 5.41) is 0.498. The van der Waals surface area contributed by atoms with Crippen molar-refractivity contribution in [1.29, 1.82) is 0 Å². The molecule has 0 aliphatic heterocycles. The van der Waals surface area contributed by atoms with Crippen LogP contribution in [0.15, 0.2) is 84.9 Å². The van der Waals surface area contributed by atoms with Crippen LogP contribution in [0.25, 0.3) is 22.7 Å². The highest BCUT2D eigenvalue weighted by Crippen LogP contribution is 2.52. The van der Waals surface area contributed by atoms with E-state index in [9.17, 15) is 10.1 Å². The van der Waals surface area contributed by atoms with Crippen molar-refractivity contribution in [2.45, 2.75) is 5.92 Å². The van der Waals surface area contributed by atoms with Crippen LogP contribution in [0.2, 0.25) is 0 Å². The summed E-state index contributed by atoms with van der Waals surface area (Å²) in [6.45, 7) is 0. The van der Waals surface area contributed by atoms with Crippen molar-refractivity contribution in [3.8, 4) is 11.1 Å². The van der Waals surface area contributed by atoms with Crippen molar-refractivity contribution in [1.82, 2.24) is 0 Å². The fourth-order valence-corrected chi connectivity index (χ4v) is 5.63. The Morgan fingerprint density at radius 2 is 1.57 bits per heavy atom. The van der Waals surface area contributed by atoms with Gasteiger partial charge in [-0.2, -0.15) is 4.79 Å². The molecule has 0 N–H and O–H groups in total. The molecule has 4 rings (SSSR count). The predicted molar refractivity (Wildman–Crippen MR) is 113 cm³/mol. The minimum Gasteiger partial charge on any atom is -0.361 e. The summed E-state index contributed by atoms with van der Waals surface area (Å²) in [5.74, 6) is -0.486. The summed E-state index contributed by atoms with van der Waals surface area (Å²) in [7, 11) is -2.16. The third-order valence-corrected chi connectivity index (χ3v) is 7.51. The first kappa shape index (κ1) is 18.3. The Balaban J connectivity index is 1.93. The second kappa shape index (κ2) is 7.53. The second-order valence-electron chi connectivity index (χ2n) is 6.54. The van der Waals surface area contributed by atoms with Crippen molar-refractivity contribution >= 4 is 24.2 Å². The van der Waals surface area contributed by atoms with E-state index in [0.717, 1.165) is 22.3 Å². The zero-order chi connectivity index (χ0) is 19.6. The van der Waals surface area contributed by atoms with E-state index < -0.39 is 13.3 Å². The summed E-state index contributed by atoms with van der Waals surface area (Å²) in [6.07, 6.45) is 3.91. The molecule has 3 aromatic rings. The quantitative estimate of drug-likeness (QED) is 0.263. The van der Waals surface area contributed by atoms with E-state index in [1.165, 1.54) is 7.11 Å². The Hall–Kier alpha value is -3.03. The van der Waals surface area contributed by atoms with Gasteiger partial charge in [-0.3, -0.25) is 4.57 Å². The van der Waals surface area contributed by atoms with Gasteiger partial charge in [0.2, 0.25) is 0 Å². The van der Waals surface area contributed by atoms with Crippen LogP contribution in [-0.2, 0) is 9.09 Å². The molecular weight excluding hydrogens is 367 g/mol. The van der Waals surface area contributed by atoms with Crippen LogP contribution in [-0.4, -0.2) is 17.4 Å². The van der Waals surface area contributed by atoms with Crippen LogP contribution < -0.4 is 5.30 Å². The van der Waals surface area contributed by atoms with Crippen molar-refractivity contribution in [3.63, 3.8) is 0 Å². The van der Waals surface area contributed by atoms with Crippen LogP contribution >= 0.6 is 7.37 Å².